The van der Waals surface area contributed by atoms with Crippen molar-refractivity contribution in [3.63, 3.8) is 0 Å². The zero-order valence-electron chi connectivity index (χ0n) is 12.6. The molecule has 1 heterocycles. The summed E-state index contributed by atoms with van der Waals surface area (Å²) in [6, 6.07) is 7.76. The number of hydrogen-bond donors (Lipinski definition) is 1. The van der Waals surface area contributed by atoms with Crippen LogP contribution in [0.15, 0.2) is 24.3 Å². The fraction of sp³-hybridized carbons (Fsp3) is 0.562. The summed E-state index contributed by atoms with van der Waals surface area (Å²) < 4.78 is 5.64. The number of benzene rings is 1. The highest BCUT2D eigenvalue weighted by Gasteiger charge is 2.30. The Morgan fingerprint density at radius 1 is 1.40 bits per heavy atom. The first-order chi connectivity index (χ1) is 9.37. The van der Waals surface area contributed by atoms with Crippen molar-refractivity contribution in [1.82, 2.24) is 4.90 Å². The predicted octanol–water partition coefficient (Wildman–Crippen LogP) is 2.40. The molecule has 0 spiro atoms. The summed E-state index contributed by atoms with van der Waals surface area (Å²) in [6.45, 7) is 8.10. The van der Waals surface area contributed by atoms with Gasteiger partial charge >= 0.3 is 0 Å². The Hall–Kier alpha value is -1.55. The standard InChI is InChI=1S/C16H24N2O2/c1-12(13-4-6-14(17)7-5-13)10-15(19)18-8-9-20-16(2,3)11-18/h4-7,12H,8-11,17H2,1-3H3. The van der Waals surface area contributed by atoms with Gasteiger partial charge in [-0.3, -0.25) is 4.79 Å². The van der Waals surface area contributed by atoms with Gasteiger partial charge in [-0.1, -0.05) is 19.1 Å². The number of carbonyl (C=O) groups is 1. The molecular weight excluding hydrogens is 252 g/mol. The first kappa shape index (κ1) is 14.9. The second-order valence-corrected chi connectivity index (χ2v) is 6.20. The lowest BCUT2D eigenvalue weighted by molar-refractivity contribution is -0.146. The molecule has 1 aromatic carbocycles. The van der Waals surface area contributed by atoms with Crippen molar-refractivity contribution in [2.45, 2.75) is 38.7 Å². The van der Waals surface area contributed by atoms with Crippen molar-refractivity contribution in [3.8, 4) is 0 Å². The second kappa shape index (κ2) is 5.83. The number of nitrogen functional groups attached to an aromatic ring is 1. The number of amides is 1. The highest BCUT2D eigenvalue weighted by Crippen LogP contribution is 2.23. The smallest absolute Gasteiger partial charge is 0.223 e. The topological polar surface area (TPSA) is 55.6 Å². The van der Waals surface area contributed by atoms with Gasteiger partial charge in [-0.2, -0.15) is 0 Å². The molecule has 1 aliphatic heterocycles. The molecule has 1 fully saturated rings. The van der Waals surface area contributed by atoms with E-state index in [1.165, 1.54) is 0 Å². The maximum atomic E-state index is 12.4. The van der Waals surface area contributed by atoms with Crippen molar-refractivity contribution >= 4 is 11.6 Å². The Bertz CT molecular complexity index is 468. The van der Waals surface area contributed by atoms with Crippen LogP contribution >= 0.6 is 0 Å². The molecule has 4 heteroatoms. The van der Waals surface area contributed by atoms with E-state index in [1.54, 1.807) is 0 Å². The Balaban J connectivity index is 1.95. The van der Waals surface area contributed by atoms with Gasteiger partial charge in [0.05, 0.1) is 12.2 Å². The predicted molar refractivity (Wildman–Crippen MR) is 80.5 cm³/mol. The van der Waals surface area contributed by atoms with Gasteiger partial charge in [0.2, 0.25) is 5.91 Å². The number of nitrogens with two attached hydrogens (primary N) is 1. The highest BCUT2D eigenvalue weighted by atomic mass is 16.5. The quantitative estimate of drug-likeness (QED) is 0.862. The summed E-state index contributed by atoms with van der Waals surface area (Å²) in [7, 11) is 0. The van der Waals surface area contributed by atoms with E-state index in [4.69, 9.17) is 10.5 Å². The lowest BCUT2D eigenvalue weighted by Gasteiger charge is -2.38. The van der Waals surface area contributed by atoms with Gasteiger partial charge in [0.25, 0.3) is 0 Å². The Morgan fingerprint density at radius 2 is 2.05 bits per heavy atom. The molecule has 1 unspecified atom stereocenters. The Labute approximate surface area is 120 Å². The van der Waals surface area contributed by atoms with E-state index in [0.717, 1.165) is 11.3 Å². The van der Waals surface area contributed by atoms with Crippen molar-refractivity contribution < 1.29 is 9.53 Å². The number of anilines is 1. The highest BCUT2D eigenvalue weighted by molar-refractivity contribution is 5.77. The summed E-state index contributed by atoms with van der Waals surface area (Å²) in [5, 5.41) is 0. The fourth-order valence-corrected chi connectivity index (χ4v) is 2.56. The zero-order chi connectivity index (χ0) is 14.8. The molecule has 0 aliphatic carbocycles. The van der Waals surface area contributed by atoms with Crippen LogP contribution in [-0.2, 0) is 9.53 Å². The van der Waals surface area contributed by atoms with Crippen LogP contribution < -0.4 is 5.73 Å². The van der Waals surface area contributed by atoms with Crippen LogP contribution in [-0.4, -0.2) is 36.1 Å². The van der Waals surface area contributed by atoms with Gasteiger partial charge in [0, 0.05) is 25.2 Å². The normalized spacial score (nSPS) is 19.6. The van der Waals surface area contributed by atoms with Crippen LogP contribution in [0.1, 0.15) is 38.7 Å². The molecule has 2 rings (SSSR count). The molecule has 2 N–H and O–H groups in total. The maximum Gasteiger partial charge on any atom is 0.223 e. The lowest BCUT2D eigenvalue weighted by atomic mass is 9.96. The number of morpholine rings is 1. The van der Waals surface area contributed by atoms with Crippen molar-refractivity contribution in [2.75, 3.05) is 25.4 Å². The largest absolute Gasteiger partial charge is 0.399 e. The molecule has 0 bridgehead atoms. The van der Waals surface area contributed by atoms with Gasteiger partial charge in [0.1, 0.15) is 0 Å². The van der Waals surface area contributed by atoms with E-state index in [-0.39, 0.29) is 17.4 Å². The molecule has 1 saturated heterocycles. The van der Waals surface area contributed by atoms with Gasteiger partial charge in [-0.25, -0.2) is 0 Å². The van der Waals surface area contributed by atoms with Crippen LogP contribution in [0, 0.1) is 0 Å². The Kier molecular flexibility index (Phi) is 4.33. The number of hydrogen-bond acceptors (Lipinski definition) is 3. The molecule has 4 nitrogen and oxygen atoms in total. The third kappa shape index (κ3) is 3.73. The molecule has 110 valence electrons. The number of ether oxygens (including phenoxy) is 1. The first-order valence-corrected chi connectivity index (χ1v) is 7.14. The van der Waals surface area contributed by atoms with E-state index in [2.05, 4.69) is 6.92 Å². The summed E-state index contributed by atoms with van der Waals surface area (Å²) in [6.07, 6.45) is 0.528. The maximum absolute atomic E-state index is 12.4. The zero-order valence-corrected chi connectivity index (χ0v) is 12.6. The van der Waals surface area contributed by atoms with Gasteiger partial charge in [0.15, 0.2) is 0 Å². The third-order valence-corrected chi connectivity index (χ3v) is 3.76. The van der Waals surface area contributed by atoms with Crippen molar-refractivity contribution in [3.05, 3.63) is 29.8 Å². The average molecular weight is 276 g/mol. The summed E-state index contributed by atoms with van der Waals surface area (Å²) in [4.78, 5) is 14.3. The first-order valence-electron chi connectivity index (χ1n) is 7.14. The van der Waals surface area contributed by atoms with Crippen LogP contribution in [0.3, 0.4) is 0 Å². The van der Waals surface area contributed by atoms with Crippen LogP contribution in [0.25, 0.3) is 0 Å². The molecule has 1 amide bonds. The Morgan fingerprint density at radius 3 is 2.65 bits per heavy atom. The third-order valence-electron chi connectivity index (χ3n) is 3.76. The number of nitrogens with zero attached hydrogens (tertiary/aromatic N) is 1. The van der Waals surface area contributed by atoms with Crippen molar-refractivity contribution in [2.24, 2.45) is 0 Å². The van der Waals surface area contributed by atoms with Gasteiger partial charge in [-0.15, -0.1) is 0 Å². The fourth-order valence-electron chi connectivity index (χ4n) is 2.56. The van der Waals surface area contributed by atoms with Crippen LogP contribution in [0.2, 0.25) is 0 Å². The summed E-state index contributed by atoms with van der Waals surface area (Å²) in [5.74, 6) is 0.403. The number of rotatable bonds is 3. The average Bonchev–Trinajstić information content (AvgIpc) is 2.38. The van der Waals surface area contributed by atoms with Gasteiger partial charge in [-0.05, 0) is 37.5 Å². The van der Waals surface area contributed by atoms with E-state index in [0.29, 0.717) is 26.1 Å². The molecule has 0 radical (unpaired) electrons. The SMILES string of the molecule is CC(CC(=O)N1CCOC(C)(C)C1)c1ccc(N)cc1. The minimum absolute atomic E-state index is 0.200. The monoisotopic (exact) mass is 276 g/mol. The summed E-state index contributed by atoms with van der Waals surface area (Å²) >= 11 is 0. The molecule has 0 aromatic heterocycles. The molecular formula is C16H24N2O2. The molecule has 20 heavy (non-hydrogen) atoms. The summed E-state index contributed by atoms with van der Waals surface area (Å²) in [5.41, 5.74) is 7.35. The van der Waals surface area contributed by atoms with E-state index < -0.39 is 0 Å². The van der Waals surface area contributed by atoms with Crippen molar-refractivity contribution in [1.29, 1.82) is 0 Å². The molecule has 1 aliphatic rings. The molecule has 1 aromatic rings. The lowest BCUT2D eigenvalue weighted by Crippen LogP contribution is -2.50. The van der Waals surface area contributed by atoms with E-state index in [9.17, 15) is 4.79 Å². The molecule has 0 saturated carbocycles. The number of carbonyl (C=O) groups excluding carboxylic acids is 1. The van der Waals surface area contributed by atoms with Crippen LogP contribution in [0.5, 0.6) is 0 Å². The molecule has 1 atom stereocenters. The van der Waals surface area contributed by atoms with Gasteiger partial charge < -0.3 is 15.4 Å². The van der Waals surface area contributed by atoms with Crippen LogP contribution in [0.4, 0.5) is 5.69 Å². The van der Waals surface area contributed by atoms with E-state index in [1.807, 2.05) is 43.0 Å². The minimum atomic E-state index is -0.238. The second-order valence-electron chi connectivity index (χ2n) is 6.20. The minimum Gasteiger partial charge on any atom is -0.399 e. The van der Waals surface area contributed by atoms with E-state index >= 15 is 0 Å².